The van der Waals surface area contributed by atoms with Gasteiger partial charge in [0, 0.05) is 17.8 Å². The predicted octanol–water partition coefficient (Wildman–Crippen LogP) is 3.10. The highest BCUT2D eigenvalue weighted by Gasteiger charge is 2.19. The summed E-state index contributed by atoms with van der Waals surface area (Å²) >= 11 is 0. The maximum absolute atomic E-state index is 12.8. The Labute approximate surface area is 164 Å². The van der Waals surface area contributed by atoms with Gasteiger partial charge in [-0.25, -0.2) is 4.68 Å². The first-order valence-corrected chi connectivity index (χ1v) is 9.23. The van der Waals surface area contributed by atoms with Crippen molar-refractivity contribution in [3.05, 3.63) is 71.9 Å². The smallest absolute Gasteiger partial charge is 0.255 e. The van der Waals surface area contributed by atoms with Gasteiger partial charge in [-0.15, -0.1) is 0 Å². The molecule has 0 radical (unpaired) electrons. The molecule has 0 aliphatic rings. The third kappa shape index (κ3) is 4.65. The minimum atomic E-state index is -0.336. The Balaban J connectivity index is 1.91. The average molecular weight is 376 g/mol. The zero-order valence-corrected chi connectivity index (χ0v) is 16.3. The van der Waals surface area contributed by atoms with Gasteiger partial charge in [-0.2, -0.15) is 5.10 Å². The molecule has 0 bridgehead atoms. The van der Waals surface area contributed by atoms with Crippen LogP contribution in [0.25, 0.3) is 16.9 Å². The summed E-state index contributed by atoms with van der Waals surface area (Å²) in [4.78, 5) is 24.7. The maximum atomic E-state index is 12.8. The summed E-state index contributed by atoms with van der Waals surface area (Å²) in [6.07, 6.45) is 1.69. The number of benzene rings is 2. The largest absolute Gasteiger partial charge is 0.352 e. The van der Waals surface area contributed by atoms with Gasteiger partial charge in [0.15, 0.2) is 0 Å². The minimum Gasteiger partial charge on any atom is -0.352 e. The minimum absolute atomic E-state index is 0.0216. The van der Waals surface area contributed by atoms with Crippen LogP contribution in [-0.4, -0.2) is 34.2 Å². The molecular formula is C22H24N4O2. The van der Waals surface area contributed by atoms with Crippen LogP contribution in [0.5, 0.6) is 0 Å². The van der Waals surface area contributed by atoms with Gasteiger partial charge in [0.05, 0.1) is 17.8 Å². The quantitative estimate of drug-likeness (QED) is 0.694. The number of hydrogen-bond acceptors (Lipinski definition) is 3. The topological polar surface area (TPSA) is 76.0 Å². The van der Waals surface area contributed by atoms with Crippen molar-refractivity contribution in [1.82, 2.24) is 20.4 Å². The Hall–Kier alpha value is -3.41. The standard InChI is InChI=1S/C22H24N4O2/c1-15(2)24-20(27)13-23-22(28)19-14-26(18-7-5-4-6-8-18)25-21(19)17-11-9-16(3)10-12-17/h4-12,14-15H,13H2,1-3H3,(H,23,28)(H,24,27). The van der Waals surface area contributed by atoms with E-state index >= 15 is 0 Å². The first kappa shape index (κ1) is 19.4. The molecule has 2 aromatic carbocycles. The highest BCUT2D eigenvalue weighted by Crippen LogP contribution is 2.24. The Morgan fingerprint density at radius 2 is 1.71 bits per heavy atom. The van der Waals surface area contributed by atoms with Gasteiger partial charge >= 0.3 is 0 Å². The van der Waals surface area contributed by atoms with Crippen LogP contribution in [0.1, 0.15) is 29.8 Å². The molecule has 2 amide bonds. The number of hydrogen-bond donors (Lipinski definition) is 2. The van der Waals surface area contributed by atoms with Crippen LogP contribution in [0.2, 0.25) is 0 Å². The SMILES string of the molecule is Cc1ccc(-c2nn(-c3ccccc3)cc2C(=O)NCC(=O)NC(C)C)cc1. The first-order chi connectivity index (χ1) is 13.4. The number of carbonyl (C=O) groups is 2. The molecule has 0 aliphatic carbocycles. The fraction of sp³-hybridized carbons (Fsp3) is 0.227. The molecule has 0 saturated heterocycles. The lowest BCUT2D eigenvalue weighted by atomic mass is 10.1. The van der Waals surface area contributed by atoms with Crippen molar-refractivity contribution >= 4 is 11.8 Å². The molecule has 0 spiro atoms. The van der Waals surface area contributed by atoms with Crippen LogP contribution in [-0.2, 0) is 4.79 Å². The van der Waals surface area contributed by atoms with Crippen LogP contribution < -0.4 is 10.6 Å². The maximum Gasteiger partial charge on any atom is 0.255 e. The molecule has 144 valence electrons. The Morgan fingerprint density at radius 3 is 2.36 bits per heavy atom. The molecule has 1 heterocycles. The van der Waals surface area contributed by atoms with Crippen molar-refractivity contribution in [2.45, 2.75) is 26.8 Å². The van der Waals surface area contributed by atoms with E-state index in [4.69, 9.17) is 0 Å². The van der Waals surface area contributed by atoms with Crippen molar-refractivity contribution in [3.8, 4) is 16.9 Å². The highest BCUT2D eigenvalue weighted by molar-refractivity contribution is 6.01. The summed E-state index contributed by atoms with van der Waals surface area (Å²) in [7, 11) is 0. The zero-order chi connectivity index (χ0) is 20.1. The van der Waals surface area contributed by atoms with Gasteiger partial charge < -0.3 is 10.6 Å². The molecular weight excluding hydrogens is 352 g/mol. The van der Waals surface area contributed by atoms with Crippen molar-refractivity contribution in [2.75, 3.05) is 6.54 Å². The van der Waals surface area contributed by atoms with Gasteiger partial charge in [-0.05, 0) is 32.9 Å². The lowest BCUT2D eigenvalue weighted by Gasteiger charge is -2.09. The van der Waals surface area contributed by atoms with Crippen molar-refractivity contribution < 1.29 is 9.59 Å². The number of aromatic nitrogens is 2. The van der Waals surface area contributed by atoms with Gasteiger partial charge in [-0.1, -0.05) is 48.0 Å². The Kier molecular flexibility index (Phi) is 5.89. The number of aryl methyl sites for hydroxylation is 1. The number of nitrogens with zero attached hydrogens (tertiary/aromatic N) is 2. The number of rotatable bonds is 6. The molecule has 0 fully saturated rings. The molecule has 3 rings (SSSR count). The lowest BCUT2D eigenvalue weighted by Crippen LogP contribution is -2.39. The predicted molar refractivity (Wildman–Crippen MR) is 109 cm³/mol. The zero-order valence-electron chi connectivity index (χ0n) is 16.3. The van der Waals surface area contributed by atoms with Crippen LogP contribution in [0, 0.1) is 6.92 Å². The normalized spacial score (nSPS) is 10.7. The molecule has 0 atom stereocenters. The lowest BCUT2D eigenvalue weighted by molar-refractivity contribution is -0.120. The second kappa shape index (κ2) is 8.52. The molecule has 0 saturated carbocycles. The number of amides is 2. The van der Waals surface area contributed by atoms with E-state index in [1.165, 1.54) is 0 Å². The summed E-state index contributed by atoms with van der Waals surface area (Å²) in [5.41, 5.74) is 3.82. The Morgan fingerprint density at radius 1 is 1.04 bits per heavy atom. The van der Waals surface area contributed by atoms with E-state index in [0.717, 1.165) is 16.8 Å². The molecule has 1 aromatic heterocycles. The first-order valence-electron chi connectivity index (χ1n) is 9.23. The molecule has 3 aromatic rings. The summed E-state index contributed by atoms with van der Waals surface area (Å²) in [6.45, 7) is 5.67. The summed E-state index contributed by atoms with van der Waals surface area (Å²) in [5.74, 6) is -0.563. The van der Waals surface area contributed by atoms with Crippen LogP contribution in [0.4, 0.5) is 0 Å². The third-order valence-corrected chi connectivity index (χ3v) is 4.16. The molecule has 0 unspecified atom stereocenters. The molecule has 2 N–H and O–H groups in total. The van der Waals surface area contributed by atoms with Crippen LogP contribution in [0.3, 0.4) is 0 Å². The second-order valence-electron chi connectivity index (χ2n) is 6.94. The molecule has 28 heavy (non-hydrogen) atoms. The van der Waals surface area contributed by atoms with E-state index < -0.39 is 0 Å². The third-order valence-electron chi connectivity index (χ3n) is 4.16. The van der Waals surface area contributed by atoms with E-state index in [2.05, 4.69) is 15.7 Å². The van der Waals surface area contributed by atoms with Crippen LogP contribution >= 0.6 is 0 Å². The fourth-order valence-electron chi connectivity index (χ4n) is 2.81. The highest BCUT2D eigenvalue weighted by atomic mass is 16.2. The van der Waals surface area contributed by atoms with Crippen molar-refractivity contribution in [3.63, 3.8) is 0 Å². The van der Waals surface area contributed by atoms with E-state index in [-0.39, 0.29) is 24.4 Å². The number of carbonyl (C=O) groups excluding carboxylic acids is 2. The fourth-order valence-corrected chi connectivity index (χ4v) is 2.81. The van der Waals surface area contributed by atoms with E-state index in [0.29, 0.717) is 11.3 Å². The molecule has 6 heteroatoms. The second-order valence-corrected chi connectivity index (χ2v) is 6.94. The van der Waals surface area contributed by atoms with Gasteiger partial charge in [0.25, 0.3) is 5.91 Å². The van der Waals surface area contributed by atoms with Crippen LogP contribution in [0.15, 0.2) is 60.8 Å². The van der Waals surface area contributed by atoms with E-state index in [1.807, 2.05) is 75.4 Å². The van der Waals surface area contributed by atoms with Gasteiger partial charge in [0.1, 0.15) is 5.69 Å². The Bertz CT molecular complexity index is 960. The molecule has 6 nitrogen and oxygen atoms in total. The van der Waals surface area contributed by atoms with Gasteiger partial charge in [0.2, 0.25) is 5.91 Å². The van der Waals surface area contributed by atoms with Gasteiger partial charge in [-0.3, -0.25) is 9.59 Å². The summed E-state index contributed by atoms with van der Waals surface area (Å²) in [6, 6.07) is 17.5. The van der Waals surface area contributed by atoms with E-state index in [1.54, 1.807) is 10.9 Å². The number of nitrogens with one attached hydrogen (secondary N) is 2. The monoisotopic (exact) mass is 376 g/mol. The number of para-hydroxylation sites is 1. The van der Waals surface area contributed by atoms with Crippen molar-refractivity contribution in [2.24, 2.45) is 0 Å². The molecule has 0 aliphatic heterocycles. The van der Waals surface area contributed by atoms with E-state index in [9.17, 15) is 9.59 Å². The average Bonchev–Trinajstić information content (AvgIpc) is 3.12. The summed E-state index contributed by atoms with van der Waals surface area (Å²) in [5, 5.41) is 10.1. The van der Waals surface area contributed by atoms with Crippen molar-refractivity contribution in [1.29, 1.82) is 0 Å². The summed E-state index contributed by atoms with van der Waals surface area (Å²) < 4.78 is 1.68.